The number of hydrogen-bond donors (Lipinski definition) is 0. The van der Waals surface area contributed by atoms with Crippen LogP contribution in [-0.2, 0) is 15.9 Å². The number of benzene rings is 1. The predicted octanol–water partition coefficient (Wildman–Crippen LogP) is 3.70. The van der Waals surface area contributed by atoms with Crippen LogP contribution in [0.4, 0.5) is 9.59 Å². The Balaban J connectivity index is 2.05. The SMILES string of the molecule is C#CCCCOC(=O)N1CCN(C(=O)OC(C)(C)C)C(Cc2ccccc2)C1. The molecule has 1 aromatic carbocycles. The summed E-state index contributed by atoms with van der Waals surface area (Å²) >= 11 is 0. The number of terminal acetylenes is 1. The third-order valence-electron chi connectivity index (χ3n) is 4.37. The second-order valence-electron chi connectivity index (χ2n) is 7.89. The Hall–Kier alpha value is -2.68. The van der Waals surface area contributed by atoms with Gasteiger partial charge in [0.15, 0.2) is 0 Å². The normalized spacial score (nSPS) is 17.0. The molecule has 6 heteroatoms. The minimum atomic E-state index is -0.568. The molecule has 1 fully saturated rings. The van der Waals surface area contributed by atoms with Crippen molar-refractivity contribution in [3.05, 3.63) is 35.9 Å². The van der Waals surface area contributed by atoms with Gasteiger partial charge in [-0.05, 0) is 39.2 Å². The van der Waals surface area contributed by atoms with Gasteiger partial charge in [-0.25, -0.2) is 9.59 Å². The highest BCUT2D eigenvalue weighted by Gasteiger charge is 2.35. The summed E-state index contributed by atoms with van der Waals surface area (Å²) in [5, 5.41) is 0. The second-order valence-corrected chi connectivity index (χ2v) is 7.89. The van der Waals surface area contributed by atoms with Gasteiger partial charge < -0.3 is 19.3 Å². The van der Waals surface area contributed by atoms with Crippen molar-refractivity contribution >= 4 is 12.2 Å². The average Bonchev–Trinajstić information content (AvgIpc) is 2.64. The molecular weight excluding hydrogens is 356 g/mol. The van der Waals surface area contributed by atoms with Crippen LogP contribution in [0.1, 0.15) is 39.2 Å². The van der Waals surface area contributed by atoms with E-state index in [9.17, 15) is 9.59 Å². The summed E-state index contributed by atoms with van der Waals surface area (Å²) < 4.78 is 10.9. The summed E-state index contributed by atoms with van der Waals surface area (Å²) in [6.07, 6.45) is 6.37. The molecule has 6 nitrogen and oxygen atoms in total. The lowest BCUT2D eigenvalue weighted by Crippen LogP contribution is -2.58. The molecule has 1 heterocycles. The Labute approximate surface area is 167 Å². The minimum Gasteiger partial charge on any atom is -0.449 e. The molecule has 1 aliphatic heterocycles. The topological polar surface area (TPSA) is 59.1 Å². The van der Waals surface area contributed by atoms with Crippen molar-refractivity contribution in [2.75, 3.05) is 26.2 Å². The van der Waals surface area contributed by atoms with Gasteiger partial charge in [0.1, 0.15) is 5.60 Å². The Morgan fingerprint density at radius 2 is 1.89 bits per heavy atom. The predicted molar refractivity (Wildman–Crippen MR) is 108 cm³/mol. The number of hydrogen-bond acceptors (Lipinski definition) is 4. The van der Waals surface area contributed by atoms with Crippen molar-refractivity contribution in [1.29, 1.82) is 0 Å². The zero-order chi connectivity index (χ0) is 20.6. The highest BCUT2D eigenvalue weighted by molar-refractivity contribution is 5.71. The van der Waals surface area contributed by atoms with Gasteiger partial charge in [-0.1, -0.05) is 30.3 Å². The molecule has 0 saturated carbocycles. The van der Waals surface area contributed by atoms with Crippen molar-refractivity contribution in [2.45, 2.75) is 51.7 Å². The fourth-order valence-electron chi connectivity index (χ4n) is 3.07. The number of amides is 2. The van der Waals surface area contributed by atoms with Gasteiger partial charge in [-0.2, -0.15) is 0 Å². The van der Waals surface area contributed by atoms with Gasteiger partial charge in [0.05, 0.1) is 12.6 Å². The summed E-state index contributed by atoms with van der Waals surface area (Å²) in [4.78, 5) is 28.4. The number of ether oxygens (including phenoxy) is 2. The Kier molecular flexibility index (Phi) is 7.74. The van der Waals surface area contributed by atoms with Gasteiger partial charge in [-0.15, -0.1) is 12.3 Å². The van der Waals surface area contributed by atoms with Crippen molar-refractivity contribution in [3.63, 3.8) is 0 Å². The molecule has 28 heavy (non-hydrogen) atoms. The summed E-state index contributed by atoms with van der Waals surface area (Å²) in [7, 11) is 0. The lowest BCUT2D eigenvalue weighted by molar-refractivity contribution is -0.00254. The van der Waals surface area contributed by atoms with E-state index in [0.717, 1.165) is 5.56 Å². The first kappa shape index (κ1) is 21.6. The molecule has 0 N–H and O–H groups in total. The smallest absolute Gasteiger partial charge is 0.410 e. The number of carbonyl (C=O) groups excluding carboxylic acids is 2. The quantitative estimate of drug-likeness (QED) is 0.572. The monoisotopic (exact) mass is 386 g/mol. The Bertz CT molecular complexity index is 691. The molecule has 1 aromatic rings. The molecule has 1 saturated heterocycles. The highest BCUT2D eigenvalue weighted by Crippen LogP contribution is 2.19. The standard InChI is InChI=1S/C22H30N2O4/c1-5-6-10-15-27-20(25)23-13-14-24(21(26)28-22(2,3)4)19(17-23)16-18-11-8-7-9-12-18/h1,7-9,11-12,19H,6,10,13-17H2,2-4H3. The van der Waals surface area contributed by atoms with E-state index in [4.69, 9.17) is 15.9 Å². The van der Waals surface area contributed by atoms with E-state index in [0.29, 0.717) is 45.5 Å². The highest BCUT2D eigenvalue weighted by atomic mass is 16.6. The van der Waals surface area contributed by atoms with Crippen LogP contribution in [0.2, 0.25) is 0 Å². The van der Waals surface area contributed by atoms with Gasteiger partial charge >= 0.3 is 12.2 Å². The molecule has 2 rings (SSSR count). The molecule has 1 aliphatic rings. The van der Waals surface area contributed by atoms with Crippen molar-refractivity contribution in [1.82, 2.24) is 9.80 Å². The summed E-state index contributed by atoms with van der Waals surface area (Å²) in [5.74, 6) is 2.53. The molecule has 0 bridgehead atoms. The van der Waals surface area contributed by atoms with Gasteiger partial charge in [-0.3, -0.25) is 0 Å². The van der Waals surface area contributed by atoms with E-state index in [1.165, 1.54) is 0 Å². The number of carbonyl (C=O) groups is 2. The third-order valence-corrected chi connectivity index (χ3v) is 4.37. The summed E-state index contributed by atoms with van der Waals surface area (Å²) in [6.45, 7) is 7.08. The molecule has 1 atom stereocenters. The van der Waals surface area contributed by atoms with Gasteiger partial charge in [0.2, 0.25) is 0 Å². The number of nitrogens with zero attached hydrogens (tertiary/aromatic N) is 2. The lowest BCUT2D eigenvalue weighted by atomic mass is 10.0. The summed E-state index contributed by atoms with van der Waals surface area (Å²) in [5.41, 5.74) is 0.534. The van der Waals surface area contributed by atoms with Crippen LogP contribution >= 0.6 is 0 Å². The maximum Gasteiger partial charge on any atom is 0.410 e. The van der Waals surface area contributed by atoms with Crippen LogP contribution in [0, 0.1) is 12.3 Å². The van der Waals surface area contributed by atoms with E-state index in [-0.39, 0.29) is 18.2 Å². The number of unbranched alkanes of at least 4 members (excludes halogenated alkanes) is 1. The molecule has 0 radical (unpaired) electrons. The van der Waals surface area contributed by atoms with E-state index < -0.39 is 5.60 Å². The third kappa shape index (κ3) is 6.80. The van der Waals surface area contributed by atoms with Crippen LogP contribution in [0.15, 0.2) is 30.3 Å². The average molecular weight is 386 g/mol. The number of rotatable bonds is 5. The van der Waals surface area contributed by atoms with E-state index in [1.54, 1.807) is 9.80 Å². The lowest BCUT2D eigenvalue weighted by Gasteiger charge is -2.41. The second kappa shape index (κ2) is 10.0. The maximum atomic E-state index is 12.7. The zero-order valence-electron chi connectivity index (χ0n) is 17.0. The van der Waals surface area contributed by atoms with E-state index in [1.807, 2.05) is 51.1 Å². The fourth-order valence-corrected chi connectivity index (χ4v) is 3.07. The van der Waals surface area contributed by atoms with E-state index >= 15 is 0 Å². The minimum absolute atomic E-state index is 0.177. The van der Waals surface area contributed by atoms with Gasteiger partial charge in [0.25, 0.3) is 0 Å². The first-order chi connectivity index (χ1) is 13.3. The molecule has 0 spiro atoms. The van der Waals surface area contributed by atoms with Crippen LogP contribution in [0.5, 0.6) is 0 Å². The number of piperazine rings is 1. The van der Waals surface area contributed by atoms with Crippen LogP contribution in [0.25, 0.3) is 0 Å². The van der Waals surface area contributed by atoms with Crippen molar-refractivity contribution < 1.29 is 19.1 Å². The summed E-state index contributed by atoms with van der Waals surface area (Å²) in [6, 6.07) is 9.75. The van der Waals surface area contributed by atoms with Gasteiger partial charge in [0, 0.05) is 26.1 Å². The molecule has 1 unspecified atom stereocenters. The Morgan fingerprint density at radius 1 is 1.18 bits per heavy atom. The zero-order valence-corrected chi connectivity index (χ0v) is 17.0. The van der Waals surface area contributed by atoms with E-state index in [2.05, 4.69) is 5.92 Å². The maximum absolute atomic E-state index is 12.7. The largest absolute Gasteiger partial charge is 0.449 e. The molecule has 0 aromatic heterocycles. The van der Waals surface area contributed by atoms with Crippen molar-refractivity contribution in [3.8, 4) is 12.3 Å². The first-order valence-electron chi connectivity index (χ1n) is 9.69. The Morgan fingerprint density at radius 3 is 2.54 bits per heavy atom. The van der Waals surface area contributed by atoms with Crippen LogP contribution in [-0.4, -0.2) is 59.9 Å². The van der Waals surface area contributed by atoms with Crippen molar-refractivity contribution in [2.24, 2.45) is 0 Å². The van der Waals surface area contributed by atoms with Crippen LogP contribution < -0.4 is 0 Å². The fraction of sp³-hybridized carbons (Fsp3) is 0.545. The molecule has 2 amide bonds. The first-order valence-corrected chi connectivity index (χ1v) is 9.69. The molecular formula is C22H30N2O4. The molecule has 0 aliphatic carbocycles. The van der Waals surface area contributed by atoms with Crippen LogP contribution in [0.3, 0.4) is 0 Å². The molecule has 152 valence electrons.